The zero-order valence-corrected chi connectivity index (χ0v) is 10.2. The Labute approximate surface area is 93.1 Å². The average molecular weight is 206 g/mol. The van der Waals surface area contributed by atoms with Gasteiger partial charge in [-0.3, -0.25) is 4.98 Å². The van der Waals surface area contributed by atoms with E-state index >= 15 is 0 Å². The fourth-order valence-electron chi connectivity index (χ4n) is 1.92. The molecule has 1 aromatic heterocycles. The van der Waals surface area contributed by atoms with Crippen LogP contribution in [0.4, 0.5) is 0 Å². The van der Waals surface area contributed by atoms with E-state index in [2.05, 4.69) is 44.1 Å². The highest BCUT2D eigenvalue weighted by Gasteiger charge is 2.10. The quantitative estimate of drug-likeness (QED) is 0.800. The van der Waals surface area contributed by atoms with Crippen LogP contribution < -0.4 is 5.32 Å². The minimum atomic E-state index is 0.333. The molecule has 2 atom stereocenters. The molecule has 0 aromatic carbocycles. The molecule has 15 heavy (non-hydrogen) atoms. The summed E-state index contributed by atoms with van der Waals surface area (Å²) in [6, 6.07) is 6.93. The van der Waals surface area contributed by atoms with Crippen LogP contribution in [-0.2, 0) is 0 Å². The minimum absolute atomic E-state index is 0.333. The molecule has 0 aliphatic rings. The van der Waals surface area contributed by atoms with Gasteiger partial charge in [-0.05, 0) is 38.3 Å². The van der Waals surface area contributed by atoms with Crippen molar-refractivity contribution < 1.29 is 0 Å². The molecule has 1 heterocycles. The predicted molar refractivity (Wildman–Crippen MR) is 64.7 cm³/mol. The lowest BCUT2D eigenvalue weighted by Gasteiger charge is -2.21. The van der Waals surface area contributed by atoms with Crippen LogP contribution in [0.5, 0.6) is 0 Å². The van der Waals surface area contributed by atoms with E-state index in [9.17, 15) is 0 Å². The molecular weight excluding hydrogens is 184 g/mol. The third-order valence-corrected chi connectivity index (χ3v) is 2.49. The van der Waals surface area contributed by atoms with Crippen LogP contribution in [0.1, 0.15) is 45.9 Å². The lowest BCUT2D eigenvalue weighted by Crippen LogP contribution is -2.30. The molecule has 2 unspecified atom stereocenters. The topological polar surface area (TPSA) is 24.9 Å². The van der Waals surface area contributed by atoms with Gasteiger partial charge < -0.3 is 5.32 Å². The lowest BCUT2D eigenvalue weighted by molar-refractivity contribution is 0.403. The lowest BCUT2D eigenvalue weighted by atomic mass is 10.0. The van der Waals surface area contributed by atoms with E-state index in [4.69, 9.17) is 0 Å². The van der Waals surface area contributed by atoms with Crippen molar-refractivity contribution in [3.05, 3.63) is 30.1 Å². The Morgan fingerprint density at radius 1 is 1.20 bits per heavy atom. The second kappa shape index (κ2) is 5.86. The zero-order chi connectivity index (χ0) is 11.3. The van der Waals surface area contributed by atoms with Crippen LogP contribution in [-0.4, -0.2) is 11.0 Å². The summed E-state index contributed by atoms with van der Waals surface area (Å²) in [5.41, 5.74) is 1.12. The Balaban J connectivity index is 2.45. The van der Waals surface area contributed by atoms with Crippen molar-refractivity contribution in [2.45, 2.75) is 46.2 Å². The van der Waals surface area contributed by atoms with Gasteiger partial charge in [0.1, 0.15) is 0 Å². The molecule has 0 aliphatic heterocycles. The number of hydrogen-bond acceptors (Lipinski definition) is 2. The molecule has 1 rings (SSSR count). The summed E-state index contributed by atoms with van der Waals surface area (Å²) in [6.45, 7) is 8.91. The van der Waals surface area contributed by atoms with Gasteiger partial charge in [-0.15, -0.1) is 0 Å². The van der Waals surface area contributed by atoms with E-state index in [0.717, 1.165) is 11.6 Å². The van der Waals surface area contributed by atoms with Crippen LogP contribution in [0, 0.1) is 5.92 Å². The van der Waals surface area contributed by atoms with Gasteiger partial charge in [0.15, 0.2) is 0 Å². The molecular formula is C13H22N2. The summed E-state index contributed by atoms with van der Waals surface area (Å²) >= 11 is 0. The van der Waals surface area contributed by atoms with Crippen molar-refractivity contribution in [2.24, 2.45) is 5.92 Å². The van der Waals surface area contributed by atoms with E-state index in [1.807, 2.05) is 18.3 Å². The number of pyridine rings is 1. The van der Waals surface area contributed by atoms with E-state index in [-0.39, 0.29) is 0 Å². The Morgan fingerprint density at radius 2 is 1.93 bits per heavy atom. The molecule has 0 saturated heterocycles. The molecule has 84 valence electrons. The molecule has 1 N–H and O–H groups in total. The van der Waals surface area contributed by atoms with Crippen molar-refractivity contribution in [2.75, 3.05) is 0 Å². The van der Waals surface area contributed by atoms with Crippen molar-refractivity contribution in [1.82, 2.24) is 10.3 Å². The summed E-state index contributed by atoms with van der Waals surface area (Å²) < 4.78 is 0. The van der Waals surface area contributed by atoms with E-state index in [0.29, 0.717) is 12.1 Å². The molecule has 0 fully saturated rings. The third-order valence-electron chi connectivity index (χ3n) is 2.49. The summed E-state index contributed by atoms with van der Waals surface area (Å²) in [6.07, 6.45) is 3.05. The Morgan fingerprint density at radius 3 is 2.47 bits per heavy atom. The van der Waals surface area contributed by atoms with Gasteiger partial charge in [-0.25, -0.2) is 0 Å². The van der Waals surface area contributed by atoms with Crippen molar-refractivity contribution in [3.63, 3.8) is 0 Å². The smallest absolute Gasteiger partial charge is 0.0570 e. The fraction of sp³-hybridized carbons (Fsp3) is 0.615. The van der Waals surface area contributed by atoms with Crippen LogP contribution >= 0.6 is 0 Å². The maximum Gasteiger partial charge on any atom is 0.0570 e. The van der Waals surface area contributed by atoms with Gasteiger partial charge in [-0.2, -0.15) is 0 Å². The van der Waals surface area contributed by atoms with E-state index in [1.54, 1.807) is 0 Å². The predicted octanol–water partition coefficient (Wildman–Crippen LogP) is 3.17. The molecule has 0 bridgehead atoms. The Hall–Kier alpha value is -0.890. The summed E-state index contributed by atoms with van der Waals surface area (Å²) in [4.78, 5) is 4.35. The van der Waals surface area contributed by atoms with Gasteiger partial charge in [-0.1, -0.05) is 19.9 Å². The monoisotopic (exact) mass is 206 g/mol. The first-order valence-electron chi connectivity index (χ1n) is 5.76. The molecule has 2 heteroatoms. The zero-order valence-electron chi connectivity index (χ0n) is 10.2. The highest BCUT2D eigenvalue weighted by Crippen LogP contribution is 2.12. The molecule has 0 aliphatic carbocycles. The first kappa shape index (κ1) is 12.2. The first-order chi connectivity index (χ1) is 7.09. The highest BCUT2D eigenvalue weighted by molar-refractivity contribution is 5.07. The number of nitrogens with one attached hydrogen (secondary N) is 1. The highest BCUT2D eigenvalue weighted by atomic mass is 15.0. The Bertz CT molecular complexity index is 269. The van der Waals surface area contributed by atoms with Crippen molar-refractivity contribution in [1.29, 1.82) is 0 Å². The van der Waals surface area contributed by atoms with Gasteiger partial charge in [0.25, 0.3) is 0 Å². The summed E-state index contributed by atoms with van der Waals surface area (Å²) in [5.74, 6) is 0.739. The Kier molecular flexibility index (Phi) is 4.76. The number of aromatic nitrogens is 1. The van der Waals surface area contributed by atoms with Crippen LogP contribution in [0.2, 0.25) is 0 Å². The maximum atomic E-state index is 4.35. The molecule has 0 saturated carbocycles. The van der Waals surface area contributed by atoms with E-state index in [1.165, 1.54) is 6.42 Å². The first-order valence-corrected chi connectivity index (χ1v) is 5.76. The van der Waals surface area contributed by atoms with Crippen LogP contribution in [0.15, 0.2) is 24.4 Å². The second-order valence-corrected chi connectivity index (χ2v) is 4.67. The van der Waals surface area contributed by atoms with Gasteiger partial charge in [0.05, 0.1) is 5.69 Å². The van der Waals surface area contributed by atoms with Crippen molar-refractivity contribution >= 4 is 0 Å². The van der Waals surface area contributed by atoms with Gasteiger partial charge in [0, 0.05) is 18.3 Å². The molecule has 0 amide bonds. The van der Waals surface area contributed by atoms with Crippen molar-refractivity contribution in [3.8, 4) is 0 Å². The number of nitrogens with zero attached hydrogens (tertiary/aromatic N) is 1. The fourth-order valence-corrected chi connectivity index (χ4v) is 1.92. The molecule has 1 aromatic rings. The van der Waals surface area contributed by atoms with E-state index < -0.39 is 0 Å². The maximum absolute atomic E-state index is 4.35. The summed E-state index contributed by atoms with van der Waals surface area (Å²) in [5, 5.41) is 3.56. The van der Waals surface area contributed by atoms with Crippen LogP contribution in [0.3, 0.4) is 0 Å². The average Bonchev–Trinajstić information content (AvgIpc) is 2.17. The van der Waals surface area contributed by atoms with Crippen LogP contribution in [0.25, 0.3) is 0 Å². The number of rotatable bonds is 5. The second-order valence-electron chi connectivity index (χ2n) is 4.67. The minimum Gasteiger partial charge on any atom is -0.306 e. The van der Waals surface area contributed by atoms with Gasteiger partial charge in [0.2, 0.25) is 0 Å². The third kappa shape index (κ3) is 4.43. The standard InChI is InChI=1S/C13H22N2/c1-10(2)9-11(3)15-12(4)13-7-5-6-8-14-13/h5-8,10-12,15H,9H2,1-4H3. The largest absolute Gasteiger partial charge is 0.306 e. The SMILES string of the molecule is CC(C)CC(C)NC(C)c1ccccn1. The summed E-state index contributed by atoms with van der Waals surface area (Å²) in [7, 11) is 0. The number of hydrogen-bond donors (Lipinski definition) is 1. The normalized spacial score (nSPS) is 15.3. The molecule has 0 radical (unpaired) electrons. The van der Waals surface area contributed by atoms with Gasteiger partial charge >= 0.3 is 0 Å². The molecule has 2 nitrogen and oxygen atoms in total. The molecule has 0 spiro atoms.